The predicted molar refractivity (Wildman–Crippen MR) is 192 cm³/mol. The van der Waals surface area contributed by atoms with Crippen molar-refractivity contribution in [2.24, 2.45) is 0 Å². The molecule has 208 valence electrons. The van der Waals surface area contributed by atoms with Crippen molar-refractivity contribution in [1.82, 2.24) is 0 Å². The molecule has 0 aliphatic heterocycles. The van der Waals surface area contributed by atoms with Crippen LogP contribution in [0.3, 0.4) is 0 Å². The van der Waals surface area contributed by atoms with Crippen LogP contribution in [0, 0.1) is 0 Å². The quantitative estimate of drug-likeness (QED) is 0.145. The van der Waals surface area contributed by atoms with E-state index in [-0.39, 0.29) is 59.8 Å². The number of hydrogen-bond acceptors (Lipinski definition) is 1. The van der Waals surface area contributed by atoms with Crippen LogP contribution in [0.1, 0.15) is 23.3 Å². The summed E-state index contributed by atoms with van der Waals surface area (Å²) in [5, 5.41) is 0.729. The molecule has 0 bridgehead atoms. The summed E-state index contributed by atoms with van der Waals surface area (Å²) in [6, 6.07) is 5.45. The van der Waals surface area contributed by atoms with Gasteiger partial charge in [0.05, 0.1) is 23.3 Å². The Labute approximate surface area is 283 Å². The highest BCUT2D eigenvalue weighted by atomic mass is 16.3. The van der Waals surface area contributed by atoms with Crippen LogP contribution in [0.15, 0.2) is 162 Å². The minimum Gasteiger partial charge on any atom is -0.455 e. The first-order valence-electron chi connectivity index (χ1n) is 22.6. The molecule has 0 spiro atoms. The Hall–Kier alpha value is -5.92. The molecule has 0 amide bonds. The summed E-state index contributed by atoms with van der Waals surface area (Å²) in [5.41, 5.74) is -1.23. The summed E-state index contributed by atoms with van der Waals surface area (Å²) in [5.74, 6) is 0. The summed E-state index contributed by atoms with van der Waals surface area (Å²) < 4.78 is 160. The second-order valence-electron chi connectivity index (χ2n) is 10.7. The van der Waals surface area contributed by atoms with E-state index in [1.54, 1.807) is 18.2 Å². The van der Waals surface area contributed by atoms with Crippen LogP contribution in [0.4, 0.5) is 0 Å². The van der Waals surface area contributed by atoms with Gasteiger partial charge in [-0.25, -0.2) is 0 Å². The Balaban J connectivity index is 1.51. The first kappa shape index (κ1) is 13.4. The number of benzene rings is 9. The van der Waals surface area contributed by atoms with Crippen molar-refractivity contribution in [2.45, 2.75) is 0 Å². The smallest absolute Gasteiger partial charge is 0.143 e. The molecule has 10 rings (SSSR count). The van der Waals surface area contributed by atoms with E-state index in [0.29, 0.717) is 10.9 Å². The zero-order valence-electron chi connectivity index (χ0n) is 40.1. The third kappa shape index (κ3) is 3.50. The van der Waals surface area contributed by atoms with Crippen LogP contribution < -0.4 is 0 Å². The van der Waals surface area contributed by atoms with Gasteiger partial charge in [0.25, 0.3) is 0 Å². The molecular weight excluding hydrogens is 544 g/mol. The molecule has 9 aromatic carbocycles. The minimum atomic E-state index is -0.739. The van der Waals surface area contributed by atoms with E-state index in [9.17, 15) is 9.60 Å². The van der Waals surface area contributed by atoms with Crippen molar-refractivity contribution in [2.75, 3.05) is 0 Å². The maximum Gasteiger partial charge on any atom is 0.143 e. The van der Waals surface area contributed by atoms with E-state index in [1.165, 1.54) is 0 Å². The first-order valence-corrected chi connectivity index (χ1v) is 14.1. The van der Waals surface area contributed by atoms with Crippen molar-refractivity contribution in [3.05, 3.63) is 157 Å². The molecule has 0 aliphatic rings. The van der Waals surface area contributed by atoms with Crippen molar-refractivity contribution in [1.29, 1.82) is 0 Å². The molecular formula is C44H26O. The summed E-state index contributed by atoms with van der Waals surface area (Å²) in [7, 11) is 0. The fourth-order valence-corrected chi connectivity index (χ4v) is 6.44. The molecule has 0 atom stereocenters. The summed E-state index contributed by atoms with van der Waals surface area (Å²) >= 11 is 0. The standard InChI is InChI=1S/C44H26O/c1-4-14-31-27(11-1)21-23-38-39-26-29(22-24-41(39)45-44(31)38)42-34-17-7-9-19-36(34)43(37-20-10-8-18-35(37)42)40-25-28-12-2-3-13-30(28)32-15-5-6-16-33(32)40/h1-26H/i1D,4D,7D,8D,9D,10D,11D,14D,17D,18D,19D,20D,21D,22D,23D,24D,26D. The lowest BCUT2D eigenvalue weighted by Crippen LogP contribution is -1.92. The van der Waals surface area contributed by atoms with Gasteiger partial charge in [-0.3, -0.25) is 0 Å². The molecule has 0 N–H and O–H groups in total. The van der Waals surface area contributed by atoms with Gasteiger partial charge in [0.15, 0.2) is 0 Å². The second kappa shape index (κ2) is 9.29. The van der Waals surface area contributed by atoms with Crippen molar-refractivity contribution < 1.29 is 27.7 Å². The number of fused-ring (bicyclic) bond motifs is 10. The molecule has 0 saturated carbocycles. The second-order valence-corrected chi connectivity index (χ2v) is 10.7. The number of furan rings is 1. The Bertz CT molecular complexity index is 3700. The number of hydrogen-bond donors (Lipinski definition) is 0. The van der Waals surface area contributed by atoms with Gasteiger partial charge in [-0.15, -0.1) is 0 Å². The molecule has 1 heterocycles. The van der Waals surface area contributed by atoms with Crippen molar-refractivity contribution in [3.63, 3.8) is 0 Å². The average molecular weight is 588 g/mol. The van der Waals surface area contributed by atoms with Crippen molar-refractivity contribution >= 4 is 75.8 Å². The van der Waals surface area contributed by atoms with Gasteiger partial charge in [-0.1, -0.05) is 133 Å². The lowest BCUT2D eigenvalue weighted by Gasteiger charge is -2.19. The van der Waals surface area contributed by atoms with E-state index in [0.717, 1.165) is 16.2 Å². The van der Waals surface area contributed by atoms with Gasteiger partial charge in [0.1, 0.15) is 11.2 Å². The maximum absolute atomic E-state index is 9.82. The Morgan fingerprint density at radius 1 is 0.422 bits per heavy atom. The third-order valence-corrected chi connectivity index (χ3v) is 8.35. The molecule has 1 nitrogen and oxygen atoms in total. The van der Waals surface area contributed by atoms with E-state index < -0.39 is 114 Å². The van der Waals surface area contributed by atoms with E-state index in [2.05, 4.69) is 0 Å². The van der Waals surface area contributed by atoms with Crippen LogP contribution in [0.25, 0.3) is 98.1 Å². The minimum absolute atomic E-state index is 0.0478. The lowest BCUT2D eigenvalue weighted by molar-refractivity contribution is 0.672. The largest absolute Gasteiger partial charge is 0.455 e. The SMILES string of the molecule is [2H]c1c(-c2c3c([2H])c([2H])c([2H])c([2H])c3c(-c3cc4ccccc4c4ccccc34)c3c([2H])c([2H])c([2H])c([2H])c23)c([2H])c2c(oc3c4c([2H])c([2H])c([2H])c([2H])c4c([2H])c([2H])c32)c1[2H]. The van der Waals surface area contributed by atoms with E-state index in [4.69, 9.17) is 18.1 Å². The zero-order chi connectivity index (χ0) is 44.3. The Kier molecular flexibility index (Phi) is 2.76. The highest BCUT2D eigenvalue weighted by molar-refractivity contribution is 6.26. The molecule has 0 unspecified atom stereocenters. The summed E-state index contributed by atoms with van der Waals surface area (Å²) in [6.45, 7) is 0. The molecule has 1 aromatic heterocycles. The van der Waals surface area contributed by atoms with Gasteiger partial charge in [0, 0.05) is 16.2 Å². The first-order chi connectivity index (χ1) is 29.4. The Morgan fingerprint density at radius 2 is 1.04 bits per heavy atom. The van der Waals surface area contributed by atoms with Gasteiger partial charge < -0.3 is 4.42 Å². The molecule has 0 aliphatic carbocycles. The van der Waals surface area contributed by atoms with E-state index >= 15 is 0 Å². The molecule has 0 fully saturated rings. The van der Waals surface area contributed by atoms with Gasteiger partial charge >= 0.3 is 0 Å². The van der Waals surface area contributed by atoms with Crippen LogP contribution >= 0.6 is 0 Å². The Morgan fingerprint density at radius 3 is 1.80 bits per heavy atom. The molecule has 0 saturated heterocycles. The summed E-state index contributed by atoms with van der Waals surface area (Å²) in [6.07, 6.45) is 0. The molecule has 0 radical (unpaired) electrons. The average Bonchev–Trinajstić information content (AvgIpc) is 3.68. The number of rotatable bonds is 2. The highest BCUT2D eigenvalue weighted by Gasteiger charge is 2.20. The zero-order valence-corrected chi connectivity index (χ0v) is 23.1. The van der Waals surface area contributed by atoms with Crippen LogP contribution in [-0.2, 0) is 0 Å². The molecule has 45 heavy (non-hydrogen) atoms. The van der Waals surface area contributed by atoms with Crippen molar-refractivity contribution in [3.8, 4) is 22.3 Å². The third-order valence-electron chi connectivity index (χ3n) is 8.35. The summed E-state index contributed by atoms with van der Waals surface area (Å²) in [4.78, 5) is 0. The van der Waals surface area contributed by atoms with Crippen LogP contribution in [0.5, 0.6) is 0 Å². The monoisotopic (exact) mass is 587 g/mol. The lowest BCUT2D eigenvalue weighted by atomic mass is 9.83. The maximum atomic E-state index is 9.82. The van der Waals surface area contributed by atoms with Gasteiger partial charge in [-0.05, 0) is 94.9 Å². The topological polar surface area (TPSA) is 13.1 Å². The van der Waals surface area contributed by atoms with Gasteiger partial charge in [0.2, 0.25) is 0 Å². The highest BCUT2D eigenvalue weighted by Crippen LogP contribution is 2.47. The van der Waals surface area contributed by atoms with Crippen LogP contribution in [-0.4, -0.2) is 0 Å². The van der Waals surface area contributed by atoms with Gasteiger partial charge in [-0.2, -0.15) is 0 Å². The van der Waals surface area contributed by atoms with Crippen LogP contribution in [0.2, 0.25) is 0 Å². The fraction of sp³-hybridized carbons (Fsp3) is 0. The fourth-order valence-electron chi connectivity index (χ4n) is 6.44. The molecule has 1 heteroatoms. The molecule has 10 aromatic rings. The predicted octanol–water partition coefficient (Wildman–Crippen LogP) is 12.7. The normalized spacial score (nSPS) is 17.3. The van der Waals surface area contributed by atoms with E-state index in [1.807, 2.05) is 36.4 Å².